The highest BCUT2D eigenvalue weighted by atomic mass is 16.2. The second-order valence-corrected chi connectivity index (χ2v) is 5.66. The predicted molar refractivity (Wildman–Crippen MR) is 83.2 cm³/mol. The maximum atomic E-state index is 12.5. The van der Waals surface area contributed by atoms with Crippen LogP contribution in [0.25, 0.3) is 0 Å². The van der Waals surface area contributed by atoms with E-state index in [9.17, 15) is 4.79 Å². The fourth-order valence-electron chi connectivity index (χ4n) is 2.64. The fraction of sp³-hybridized carbons (Fsp3) is 0.588. The number of benzene rings is 1. The summed E-state index contributed by atoms with van der Waals surface area (Å²) < 4.78 is 0. The van der Waals surface area contributed by atoms with E-state index in [0.29, 0.717) is 5.92 Å². The van der Waals surface area contributed by atoms with Crippen LogP contribution in [0.4, 0.5) is 0 Å². The Morgan fingerprint density at radius 2 is 1.70 bits per heavy atom. The van der Waals surface area contributed by atoms with Crippen molar-refractivity contribution in [2.75, 3.05) is 32.7 Å². The minimum atomic E-state index is 0.177. The van der Waals surface area contributed by atoms with Crippen LogP contribution in [0, 0.1) is 0 Å². The number of likely N-dealkylation sites (N-methyl/N-ethyl adjacent to an activating group) is 1. The number of carbonyl (C=O) groups excluding carboxylic acids is 1. The lowest BCUT2D eigenvalue weighted by Gasteiger charge is -2.34. The van der Waals surface area contributed by atoms with Crippen molar-refractivity contribution >= 4 is 5.91 Å². The van der Waals surface area contributed by atoms with Crippen molar-refractivity contribution in [3.05, 3.63) is 35.4 Å². The Morgan fingerprint density at radius 3 is 2.20 bits per heavy atom. The lowest BCUT2D eigenvalue weighted by atomic mass is 9.97. The van der Waals surface area contributed by atoms with Crippen molar-refractivity contribution < 1.29 is 4.79 Å². The molecule has 0 bridgehead atoms. The summed E-state index contributed by atoms with van der Waals surface area (Å²) in [4.78, 5) is 16.8. The molecule has 1 fully saturated rings. The third kappa shape index (κ3) is 3.40. The van der Waals surface area contributed by atoms with E-state index < -0.39 is 0 Å². The zero-order valence-electron chi connectivity index (χ0n) is 12.9. The Morgan fingerprint density at radius 1 is 1.10 bits per heavy atom. The van der Waals surface area contributed by atoms with E-state index in [-0.39, 0.29) is 5.91 Å². The van der Waals surface area contributed by atoms with Crippen LogP contribution in [-0.2, 0) is 0 Å². The third-order valence-corrected chi connectivity index (χ3v) is 4.45. The summed E-state index contributed by atoms with van der Waals surface area (Å²) >= 11 is 0. The first kappa shape index (κ1) is 15.0. The molecular formula is C17H26N2O. The van der Waals surface area contributed by atoms with Gasteiger partial charge in [-0.3, -0.25) is 4.79 Å². The van der Waals surface area contributed by atoms with E-state index in [1.165, 1.54) is 5.56 Å². The first-order valence-electron chi connectivity index (χ1n) is 7.77. The molecule has 0 aromatic heterocycles. The summed E-state index contributed by atoms with van der Waals surface area (Å²) in [6, 6.07) is 8.17. The fourth-order valence-corrected chi connectivity index (χ4v) is 2.64. The molecule has 1 aromatic carbocycles. The van der Waals surface area contributed by atoms with E-state index in [4.69, 9.17) is 0 Å². The molecule has 1 unspecified atom stereocenters. The molecule has 1 aromatic rings. The number of nitrogens with zero attached hydrogens (tertiary/aromatic N) is 2. The average molecular weight is 274 g/mol. The van der Waals surface area contributed by atoms with Gasteiger partial charge in [-0.05, 0) is 36.6 Å². The van der Waals surface area contributed by atoms with Crippen LogP contribution in [0.1, 0.15) is 49.0 Å². The predicted octanol–water partition coefficient (Wildman–Crippen LogP) is 2.98. The first-order chi connectivity index (χ1) is 9.65. The van der Waals surface area contributed by atoms with Crippen LogP contribution in [0.3, 0.4) is 0 Å². The van der Waals surface area contributed by atoms with Crippen molar-refractivity contribution in [2.45, 2.75) is 33.1 Å². The Balaban J connectivity index is 1.99. The molecule has 0 aliphatic carbocycles. The lowest BCUT2D eigenvalue weighted by Crippen LogP contribution is -2.48. The molecule has 0 saturated carbocycles. The van der Waals surface area contributed by atoms with Crippen molar-refractivity contribution in [1.29, 1.82) is 0 Å². The molecule has 110 valence electrons. The van der Waals surface area contributed by atoms with Gasteiger partial charge >= 0.3 is 0 Å². The molecule has 20 heavy (non-hydrogen) atoms. The molecule has 1 atom stereocenters. The molecule has 3 nitrogen and oxygen atoms in total. The largest absolute Gasteiger partial charge is 0.336 e. The van der Waals surface area contributed by atoms with Gasteiger partial charge in [0.25, 0.3) is 5.91 Å². The number of hydrogen-bond donors (Lipinski definition) is 0. The van der Waals surface area contributed by atoms with Crippen LogP contribution in [-0.4, -0.2) is 48.4 Å². The number of hydrogen-bond acceptors (Lipinski definition) is 2. The van der Waals surface area contributed by atoms with Crippen LogP contribution >= 0.6 is 0 Å². The third-order valence-electron chi connectivity index (χ3n) is 4.45. The monoisotopic (exact) mass is 274 g/mol. The highest BCUT2D eigenvalue weighted by Gasteiger charge is 2.21. The van der Waals surface area contributed by atoms with Crippen molar-refractivity contribution in [1.82, 2.24) is 9.80 Å². The molecule has 2 rings (SSSR count). The number of carbonyl (C=O) groups is 1. The van der Waals surface area contributed by atoms with Gasteiger partial charge in [0.2, 0.25) is 0 Å². The first-order valence-corrected chi connectivity index (χ1v) is 7.77. The van der Waals surface area contributed by atoms with Crippen LogP contribution < -0.4 is 0 Å². The molecule has 1 aliphatic heterocycles. The summed E-state index contributed by atoms with van der Waals surface area (Å²) in [5.41, 5.74) is 2.14. The van der Waals surface area contributed by atoms with Gasteiger partial charge in [0.15, 0.2) is 0 Å². The lowest BCUT2D eigenvalue weighted by molar-refractivity contribution is 0.0643. The molecule has 1 amide bonds. The topological polar surface area (TPSA) is 23.6 Å². The van der Waals surface area contributed by atoms with Crippen molar-refractivity contribution in [3.63, 3.8) is 0 Å². The van der Waals surface area contributed by atoms with Crippen LogP contribution in [0.15, 0.2) is 24.3 Å². The molecule has 3 heteroatoms. The second kappa shape index (κ2) is 6.89. The molecule has 1 heterocycles. The van der Waals surface area contributed by atoms with Crippen molar-refractivity contribution in [3.8, 4) is 0 Å². The van der Waals surface area contributed by atoms with E-state index in [1.807, 2.05) is 17.0 Å². The van der Waals surface area contributed by atoms with Gasteiger partial charge in [0.05, 0.1) is 0 Å². The van der Waals surface area contributed by atoms with Crippen LogP contribution in [0.2, 0.25) is 0 Å². The summed E-state index contributed by atoms with van der Waals surface area (Å²) in [6.45, 7) is 11.3. The summed E-state index contributed by atoms with van der Waals surface area (Å²) in [6.07, 6.45) is 1.13. The Hall–Kier alpha value is -1.35. The van der Waals surface area contributed by atoms with Crippen LogP contribution in [0.5, 0.6) is 0 Å². The minimum Gasteiger partial charge on any atom is -0.336 e. The number of piperazine rings is 1. The quantitative estimate of drug-likeness (QED) is 0.842. The van der Waals surface area contributed by atoms with Crippen molar-refractivity contribution in [2.24, 2.45) is 0 Å². The Bertz CT molecular complexity index is 433. The van der Waals surface area contributed by atoms with Gasteiger partial charge in [-0.1, -0.05) is 32.9 Å². The molecular weight excluding hydrogens is 248 g/mol. The summed E-state index contributed by atoms with van der Waals surface area (Å²) in [7, 11) is 0. The summed E-state index contributed by atoms with van der Waals surface area (Å²) in [5.74, 6) is 0.740. The SMILES string of the molecule is CCC(C)c1ccc(C(=O)N2CCN(CC)CC2)cc1. The molecule has 0 spiro atoms. The normalized spacial score (nSPS) is 18.1. The zero-order valence-corrected chi connectivity index (χ0v) is 12.9. The Labute approximate surface area is 122 Å². The van der Waals surface area contributed by atoms with Gasteiger partial charge in [-0.15, -0.1) is 0 Å². The van der Waals surface area contributed by atoms with Gasteiger partial charge < -0.3 is 9.80 Å². The molecule has 0 N–H and O–H groups in total. The Kier molecular flexibility index (Phi) is 5.18. The number of amides is 1. The smallest absolute Gasteiger partial charge is 0.253 e. The maximum absolute atomic E-state index is 12.5. The zero-order chi connectivity index (χ0) is 14.5. The molecule has 1 saturated heterocycles. The maximum Gasteiger partial charge on any atom is 0.253 e. The highest BCUT2D eigenvalue weighted by Crippen LogP contribution is 2.19. The standard InChI is InChI=1S/C17H26N2O/c1-4-14(3)15-6-8-16(9-7-15)17(20)19-12-10-18(5-2)11-13-19/h6-9,14H,4-5,10-13H2,1-3H3. The number of rotatable bonds is 4. The van der Waals surface area contributed by atoms with Gasteiger partial charge in [0.1, 0.15) is 0 Å². The average Bonchev–Trinajstić information content (AvgIpc) is 2.53. The highest BCUT2D eigenvalue weighted by molar-refractivity contribution is 5.94. The van der Waals surface area contributed by atoms with E-state index >= 15 is 0 Å². The van der Waals surface area contributed by atoms with E-state index in [2.05, 4.69) is 37.8 Å². The van der Waals surface area contributed by atoms with Gasteiger partial charge in [0, 0.05) is 31.7 Å². The second-order valence-electron chi connectivity index (χ2n) is 5.66. The van der Waals surface area contributed by atoms with Gasteiger partial charge in [-0.25, -0.2) is 0 Å². The molecule has 0 radical (unpaired) electrons. The van der Waals surface area contributed by atoms with E-state index in [1.54, 1.807) is 0 Å². The van der Waals surface area contributed by atoms with E-state index in [0.717, 1.165) is 44.7 Å². The summed E-state index contributed by atoms with van der Waals surface area (Å²) in [5, 5.41) is 0. The minimum absolute atomic E-state index is 0.177. The molecule has 1 aliphatic rings. The van der Waals surface area contributed by atoms with Gasteiger partial charge in [-0.2, -0.15) is 0 Å².